The van der Waals surface area contributed by atoms with Crippen LogP contribution in [0.3, 0.4) is 0 Å². The number of ether oxygens (including phenoxy) is 1. The minimum Gasteiger partial charge on any atom is -0.444 e. The van der Waals surface area contributed by atoms with Gasteiger partial charge in [0.1, 0.15) is 5.60 Å². The number of nitrogens with two attached hydrogens (primary N) is 1. The van der Waals surface area contributed by atoms with Crippen LogP contribution in [0.1, 0.15) is 32.4 Å². The molecule has 18 heavy (non-hydrogen) atoms. The molecule has 7 heteroatoms. The Morgan fingerprint density at radius 2 is 2.28 bits per heavy atom. The van der Waals surface area contributed by atoms with Crippen LogP contribution in [0.15, 0.2) is 6.20 Å². The third kappa shape index (κ3) is 4.33. The average Bonchev–Trinajstić information content (AvgIpc) is 2.63. The van der Waals surface area contributed by atoms with Gasteiger partial charge in [0, 0.05) is 26.1 Å². The van der Waals surface area contributed by atoms with Crippen LogP contribution in [0.2, 0.25) is 0 Å². The van der Waals surface area contributed by atoms with E-state index in [1.165, 1.54) is 0 Å². The first-order chi connectivity index (χ1) is 8.33. The number of nitrogens with one attached hydrogen (secondary N) is 1. The third-order valence-electron chi connectivity index (χ3n) is 2.34. The smallest absolute Gasteiger partial charge is 0.407 e. The maximum Gasteiger partial charge on any atom is 0.407 e. The van der Waals surface area contributed by atoms with Crippen LogP contribution in [0, 0.1) is 0 Å². The van der Waals surface area contributed by atoms with Crippen LogP contribution in [0.4, 0.5) is 4.79 Å². The second-order valence-corrected chi connectivity index (χ2v) is 5.10. The van der Waals surface area contributed by atoms with Crippen molar-refractivity contribution in [1.82, 2.24) is 20.3 Å². The second-order valence-electron chi connectivity index (χ2n) is 5.10. The minimum absolute atomic E-state index is 0.0301. The monoisotopic (exact) mass is 255 g/mol. The highest BCUT2D eigenvalue weighted by Crippen LogP contribution is 2.11. The minimum atomic E-state index is -0.504. The Bertz CT molecular complexity index is 396. The van der Waals surface area contributed by atoms with Gasteiger partial charge in [0.25, 0.3) is 0 Å². The molecule has 3 N–H and O–H groups in total. The molecule has 1 amide bonds. The van der Waals surface area contributed by atoms with Gasteiger partial charge < -0.3 is 15.8 Å². The summed E-state index contributed by atoms with van der Waals surface area (Å²) >= 11 is 0. The fraction of sp³-hybridized carbons (Fsp3) is 0.727. The Morgan fingerprint density at radius 3 is 2.72 bits per heavy atom. The fourth-order valence-electron chi connectivity index (χ4n) is 1.50. The molecule has 0 aliphatic rings. The zero-order valence-corrected chi connectivity index (χ0v) is 11.3. The maximum absolute atomic E-state index is 11.5. The number of aromatic nitrogens is 3. The van der Waals surface area contributed by atoms with E-state index < -0.39 is 11.7 Å². The molecule has 0 spiro atoms. The van der Waals surface area contributed by atoms with E-state index in [1.807, 2.05) is 20.8 Å². The van der Waals surface area contributed by atoms with E-state index in [4.69, 9.17) is 10.5 Å². The van der Waals surface area contributed by atoms with E-state index in [2.05, 4.69) is 15.6 Å². The zero-order chi connectivity index (χ0) is 13.8. The molecule has 0 saturated carbocycles. The Labute approximate surface area is 107 Å². The predicted molar refractivity (Wildman–Crippen MR) is 67.0 cm³/mol. The first-order valence-corrected chi connectivity index (χ1v) is 5.85. The van der Waals surface area contributed by atoms with Gasteiger partial charge in [0.05, 0.1) is 11.9 Å². The van der Waals surface area contributed by atoms with Crippen molar-refractivity contribution in [2.75, 3.05) is 13.1 Å². The lowest BCUT2D eigenvalue weighted by molar-refractivity contribution is 0.0524. The number of hydrogen-bond acceptors (Lipinski definition) is 5. The van der Waals surface area contributed by atoms with Crippen molar-refractivity contribution in [2.45, 2.75) is 32.3 Å². The number of hydrogen-bond donors (Lipinski definition) is 2. The molecule has 1 aromatic rings. The summed E-state index contributed by atoms with van der Waals surface area (Å²) in [6.07, 6.45) is 1.20. The first kappa shape index (κ1) is 14.4. The van der Waals surface area contributed by atoms with Gasteiger partial charge in [0.2, 0.25) is 0 Å². The molecule has 1 rings (SSSR count). The van der Waals surface area contributed by atoms with Gasteiger partial charge in [-0.3, -0.25) is 4.68 Å². The molecule has 1 heterocycles. The highest BCUT2D eigenvalue weighted by Gasteiger charge is 2.19. The molecule has 7 nitrogen and oxygen atoms in total. The lowest BCUT2D eigenvalue weighted by Crippen LogP contribution is -2.36. The summed E-state index contributed by atoms with van der Waals surface area (Å²) in [6, 6.07) is 0. The predicted octanol–water partition coefficient (Wildman–Crippen LogP) is 0.382. The molecule has 0 radical (unpaired) electrons. The summed E-state index contributed by atoms with van der Waals surface area (Å²) in [5, 5.41) is 10.3. The Kier molecular flexibility index (Phi) is 4.66. The summed E-state index contributed by atoms with van der Waals surface area (Å²) in [5.74, 6) is -0.0301. The van der Waals surface area contributed by atoms with E-state index in [0.29, 0.717) is 13.1 Å². The largest absolute Gasteiger partial charge is 0.444 e. The van der Waals surface area contributed by atoms with Gasteiger partial charge in [-0.25, -0.2) is 4.79 Å². The van der Waals surface area contributed by atoms with Crippen molar-refractivity contribution in [3.8, 4) is 0 Å². The maximum atomic E-state index is 11.5. The second kappa shape index (κ2) is 5.81. The summed E-state index contributed by atoms with van der Waals surface area (Å²) in [6.45, 7) is 6.25. The molecule has 0 fully saturated rings. The Morgan fingerprint density at radius 1 is 1.61 bits per heavy atom. The van der Waals surface area contributed by atoms with Gasteiger partial charge in [-0.15, -0.1) is 5.10 Å². The first-order valence-electron chi connectivity index (χ1n) is 5.85. The molecule has 0 aliphatic heterocycles. The van der Waals surface area contributed by atoms with Crippen molar-refractivity contribution in [3.05, 3.63) is 11.9 Å². The molecule has 0 aliphatic carbocycles. The molecular weight excluding hydrogens is 234 g/mol. The van der Waals surface area contributed by atoms with Gasteiger partial charge in [-0.05, 0) is 20.8 Å². The molecule has 0 aromatic carbocycles. The molecular formula is C11H21N5O2. The molecule has 0 bridgehead atoms. The zero-order valence-electron chi connectivity index (χ0n) is 11.3. The highest BCUT2D eigenvalue weighted by molar-refractivity contribution is 5.67. The van der Waals surface area contributed by atoms with Crippen molar-refractivity contribution >= 4 is 6.09 Å². The summed E-state index contributed by atoms with van der Waals surface area (Å²) in [4.78, 5) is 11.5. The number of nitrogens with zero attached hydrogens (tertiary/aromatic N) is 3. The highest BCUT2D eigenvalue weighted by atomic mass is 16.6. The molecule has 1 atom stereocenters. The topological polar surface area (TPSA) is 95.1 Å². The molecule has 102 valence electrons. The molecule has 1 unspecified atom stereocenters. The van der Waals surface area contributed by atoms with E-state index in [9.17, 15) is 4.79 Å². The average molecular weight is 255 g/mol. The quantitative estimate of drug-likeness (QED) is 0.811. The van der Waals surface area contributed by atoms with Crippen molar-refractivity contribution < 1.29 is 9.53 Å². The fourth-order valence-corrected chi connectivity index (χ4v) is 1.50. The van der Waals surface area contributed by atoms with Gasteiger partial charge in [-0.1, -0.05) is 5.21 Å². The summed E-state index contributed by atoms with van der Waals surface area (Å²) in [7, 11) is 1.79. The van der Waals surface area contributed by atoms with Crippen LogP contribution in [-0.4, -0.2) is 39.8 Å². The third-order valence-corrected chi connectivity index (χ3v) is 2.34. The van der Waals surface area contributed by atoms with Gasteiger partial charge in [0.15, 0.2) is 0 Å². The van der Waals surface area contributed by atoms with Crippen molar-refractivity contribution in [2.24, 2.45) is 12.8 Å². The number of amides is 1. The number of carbonyl (C=O) groups is 1. The lowest BCUT2D eigenvalue weighted by Gasteiger charge is -2.21. The van der Waals surface area contributed by atoms with Crippen LogP contribution in [0.25, 0.3) is 0 Å². The van der Waals surface area contributed by atoms with E-state index >= 15 is 0 Å². The SMILES string of the molecule is Cn1nncc1C(CN)CNC(=O)OC(C)(C)C. The van der Waals surface area contributed by atoms with Crippen LogP contribution in [-0.2, 0) is 11.8 Å². The van der Waals surface area contributed by atoms with E-state index in [1.54, 1.807) is 17.9 Å². The number of rotatable bonds is 4. The van der Waals surface area contributed by atoms with Gasteiger partial charge >= 0.3 is 6.09 Å². The molecule has 1 aromatic heterocycles. The van der Waals surface area contributed by atoms with E-state index in [0.717, 1.165) is 5.69 Å². The standard InChI is InChI=1S/C11H21N5O2/c1-11(2,3)18-10(17)13-6-8(5-12)9-7-14-15-16(9)4/h7-8H,5-6,12H2,1-4H3,(H,13,17). The van der Waals surface area contributed by atoms with Crippen molar-refractivity contribution in [3.63, 3.8) is 0 Å². The number of aryl methyl sites for hydroxylation is 1. The van der Waals surface area contributed by atoms with Crippen LogP contribution >= 0.6 is 0 Å². The van der Waals surface area contributed by atoms with Crippen molar-refractivity contribution in [1.29, 1.82) is 0 Å². The summed E-state index contributed by atoms with van der Waals surface area (Å²) in [5.41, 5.74) is 6.06. The summed E-state index contributed by atoms with van der Waals surface area (Å²) < 4.78 is 6.80. The van der Waals surface area contributed by atoms with E-state index in [-0.39, 0.29) is 5.92 Å². The van der Waals surface area contributed by atoms with Gasteiger partial charge in [-0.2, -0.15) is 0 Å². The Hall–Kier alpha value is -1.63. The normalized spacial score (nSPS) is 13.2. The molecule has 0 saturated heterocycles. The van der Waals surface area contributed by atoms with Crippen LogP contribution in [0.5, 0.6) is 0 Å². The lowest BCUT2D eigenvalue weighted by atomic mass is 10.1. The van der Waals surface area contributed by atoms with Crippen LogP contribution < -0.4 is 11.1 Å². The number of alkyl carbamates (subject to hydrolysis) is 1. The Balaban J connectivity index is 2.51. The number of carbonyl (C=O) groups excluding carboxylic acids is 1.